The van der Waals surface area contributed by atoms with Crippen LogP contribution in [0.4, 0.5) is 23.0 Å². The van der Waals surface area contributed by atoms with Crippen molar-refractivity contribution in [3.05, 3.63) is 29.6 Å². The van der Waals surface area contributed by atoms with Crippen molar-refractivity contribution in [2.45, 2.75) is 45.6 Å². The van der Waals surface area contributed by atoms with E-state index in [1.54, 1.807) is 7.11 Å². The number of carbonyl (C=O) groups excluding carboxylic acids is 2. The van der Waals surface area contributed by atoms with Crippen molar-refractivity contribution in [3.8, 4) is 5.75 Å². The van der Waals surface area contributed by atoms with Crippen molar-refractivity contribution in [1.29, 1.82) is 0 Å². The van der Waals surface area contributed by atoms with Crippen molar-refractivity contribution in [3.63, 3.8) is 0 Å². The molecular formula is C28H41N7O5. The van der Waals surface area contributed by atoms with E-state index < -0.39 is 5.91 Å². The third kappa shape index (κ3) is 7.51. The first-order valence-corrected chi connectivity index (χ1v) is 14.0. The molecule has 0 bridgehead atoms. The second-order valence-electron chi connectivity index (χ2n) is 9.86. The molecule has 0 aliphatic carbocycles. The maximum atomic E-state index is 12.3. The number of esters is 1. The molecule has 40 heavy (non-hydrogen) atoms. The lowest BCUT2D eigenvalue weighted by molar-refractivity contribution is -0.143. The summed E-state index contributed by atoms with van der Waals surface area (Å²) in [6, 6.07) is 6.03. The number of carbonyl (C=O) groups is 2. The number of methoxy groups -OCH3 is 1. The van der Waals surface area contributed by atoms with Gasteiger partial charge in [0.1, 0.15) is 5.75 Å². The van der Waals surface area contributed by atoms with Gasteiger partial charge >= 0.3 is 5.97 Å². The van der Waals surface area contributed by atoms with Crippen molar-refractivity contribution < 1.29 is 23.8 Å². The smallest absolute Gasteiger partial charge is 0.307 e. The molecule has 218 valence electrons. The Labute approximate surface area is 235 Å². The third-order valence-corrected chi connectivity index (χ3v) is 7.19. The standard InChI is InChI=1S/C28H41N7O5/c1-4-21-27(30-19-9-16-39-17-10-19)33-28(25(32-21)26(29)37)31-20-6-7-22(23(18-20)38-3)35-14-12-34(13-15-35)11-8-24(36)40-5-2/h6-7,18-19H,4-5,8-17H2,1-3H3,(H2,29,37)(H2,30,31,33). The number of benzene rings is 1. The number of nitrogens with two attached hydrogens (primary N) is 1. The Morgan fingerprint density at radius 1 is 1.10 bits per heavy atom. The van der Waals surface area contributed by atoms with E-state index in [4.69, 9.17) is 24.9 Å². The molecule has 12 nitrogen and oxygen atoms in total. The van der Waals surface area contributed by atoms with E-state index in [0.29, 0.717) is 68.0 Å². The second kappa shape index (κ2) is 14.1. The maximum Gasteiger partial charge on any atom is 0.307 e. The molecule has 2 aromatic rings. The lowest BCUT2D eigenvalue weighted by Gasteiger charge is -2.36. The summed E-state index contributed by atoms with van der Waals surface area (Å²) in [7, 11) is 1.64. The molecule has 0 saturated carbocycles. The van der Waals surface area contributed by atoms with Crippen LogP contribution in [-0.2, 0) is 20.7 Å². The molecule has 4 N–H and O–H groups in total. The highest BCUT2D eigenvalue weighted by atomic mass is 16.5. The quantitative estimate of drug-likeness (QED) is 0.332. The zero-order chi connectivity index (χ0) is 28.5. The molecule has 0 spiro atoms. The highest BCUT2D eigenvalue weighted by molar-refractivity contribution is 5.96. The SMILES string of the molecule is CCOC(=O)CCN1CCN(c2ccc(Nc3nc(NC4CCOCC4)c(CC)nc3C(N)=O)cc2OC)CC1. The molecule has 2 fully saturated rings. The monoisotopic (exact) mass is 555 g/mol. The molecule has 1 amide bonds. The van der Waals surface area contributed by atoms with Crippen LogP contribution in [0.1, 0.15) is 49.3 Å². The maximum absolute atomic E-state index is 12.3. The summed E-state index contributed by atoms with van der Waals surface area (Å²) in [6.45, 7) is 9.59. The molecule has 4 rings (SSSR count). The Morgan fingerprint density at radius 2 is 1.85 bits per heavy atom. The van der Waals surface area contributed by atoms with Crippen LogP contribution in [0.15, 0.2) is 18.2 Å². The van der Waals surface area contributed by atoms with Crippen molar-refractivity contribution in [2.75, 3.05) is 75.2 Å². The van der Waals surface area contributed by atoms with Gasteiger partial charge in [0.2, 0.25) is 0 Å². The normalized spacial score (nSPS) is 16.4. The number of anilines is 4. The van der Waals surface area contributed by atoms with Gasteiger partial charge < -0.3 is 35.5 Å². The number of amides is 1. The third-order valence-electron chi connectivity index (χ3n) is 7.19. The highest BCUT2D eigenvalue weighted by Crippen LogP contribution is 2.34. The Balaban J connectivity index is 1.47. The molecule has 0 atom stereocenters. The van der Waals surface area contributed by atoms with Crippen LogP contribution >= 0.6 is 0 Å². The topological polar surface area (TPSA) is 144 Å². The molecule has 2 aliphatic heterocycles. The zero-order valence-corrected chi connectivity index (χ0v) is 23.7. The Bertz CT molecular complexity index is 1160. The average Bonchev–Trinajstić information content (AvgIpc) is 2.97. The van der Waals surface area contributed by atoms with Gasteiger partial charge in [0.15, 0.2) is 17.3 Å². The number of aryl methyl sites for hydroxylation is 1. The average molecular weight is 556 g/mol. The number of aromatic nitrogens is 2. The van der Waals surface area contributed by atoms with Crippen molar-refractivity contribution >= 4 is 34.9 Å². The first-order valence-electron chi connectivity index (χ1n) is 14.0. The van der Waals surface area contributed by atoms with Crippen molar-refractivity contribution in [2.24, 2.45) is 5.73 Å². The van der Waals surface area contributed by atoms with Crippen LogP contribution in [0.3, 0.4) is 0 Å². The zero-order valence-electron chi connectivity index (χ0n) is 23.7. The lowest BCUT2D eigenvalue weighted by atomic mass is 10.1. The molecule has 1 aromatic carbocycles. The highest BCUT2D eigenvalue weighted by Gasteiger charge is 2.23. The summed E-state index contributed by atoms with van der Waals surface area (Å²) < 4.78 is 16.3. The molecule has 0 radical (unpaired) electrons. The number of nitrogens with one attached hydrogen (secondary N) is 2. The molecule has 0 unspecified atom stereocenters. The van der Waals surface area contributed by atoms with Gasteiger partial charge in [-0.15, -0.1) is 0 Å². The van der Waals surface area contributed by atoms with E-state index in [0.717, 1.165) is 44.7 Å². The summed E-state index contributed by atoms with van der Waals surface area (Å²) in [5.74, 6) is 0.835. The van der Waals surface area contributed by atoms with E-state index in [9.17, 15) is 9.59 Å². The summed E-state index contributed by atoms with van der Waals surface area (Å²) in [5.41, 5.74) is 8.15. The van der Waals surface area contributed by atoms with Crippen LogP contribution in [0.2, 0.25) is 0 Å². The first kappa shape index (κ1) is 29.3. The Morgan fingerprint density at radius 3 is 2.50 bits per heavy atom. The number of rotatable bonds is 12. The van der Waals surface area contributed by atoms with E-state index in [1.165, 1.54) is 0 Å². The van der Waals surface area contributed by atoms with Gasteiger partial charge in [0, 0.05) is 63.7 Å². The first-order chi connectivity index (χ1) is 19.4. The summed E-state index contributed by atoms with van der Waals surface area (Å²) in [4.78, 5) is 37.8. The van der Waals surface area contributed by atoms with E-state index in [2.05, 4.69) is 25.4 Å². The fraction of sp³-hybridized carbons (Fsp3) is 0.571. The lowest BCUT2D eigenvalue weighted by Crippen LogP contribution is -2.47. The predicted octanol–water partition coefficient (Wildman–Crippen LogP) is 2.56. The van der Waals surface area contributed by atoms with Crippen LogP contribution in [0.5, 0.6) is 5.75 Å². The van der Waals surface area contributed by atoms with Gasteiger partial charge in [-0.2, -0.15) is 0 Å². The Kier molecular flexibility index (Phi) is 10.4. The molecule has 12 heteroatoms. The minimum atomic E-state index is -0.647. The van der Waals surface area contributed by atoms with Crippen LogP contribution in [-0.4, -0.2) is 92.4 Å². The number of hydrogen-bond acceptors (Lipinski definition) is 11. The largest absolute Gasteiger partial charge is 0.495 e. The summed E-state index contributed by atoms with van der Waals surface area (Å²) >= 11 is 0. The molecular weight excluding hydrogens is 514 g/mol. The van der Waals surface area contributed by atoms with E-state index in [1.807, 2.05) is 32.0 Å². The van der Waals surface area contributed by atoms with Crippen LogP contribution in [0.25, 0.3) is 0 Å². The number of ether oxygens (including phenoxy) is 3. The fourth-order valence-corrected chi connectivity index (χ4v) is 4.97. The number of hydrogen-bond donors (Lipinski definition) is 3. The minimum absolute atomic E-state index is 0.0939. The van der Waals surface area contributed by atoms with E-state index >= 15 is 0 Å². The number of primary amides is 1. The summed E-state index contributed by atoms with van der Waals surface area (Å²) in [5, 5.41) is 6.73. The van der Waals surface area contributed by atoms with Gasteiger partial charge in [-0.05, 0) is 38.3 Å². The van der Waals surface area contributed by atoms with Gasteiger partial charge in [0.25, 0.3) is 5.91 Å². The Hall–Kier alpha value is -3.64. The fourth-order valence-electron chi connectivity index (χ4n) is 4.97. The van der Waals surface area contributed by atoms with Gasteiger partial charge in [-0.1, -0.05) is 6.92 Å². The van der Waals surface area contributed by atoms with Crippen LogP contribution in [0, 0.1) is 0 Å². The molecule has 2 aliphatic rings. The molecule has 1 aromatic heterocycles. The van der Waals surface area contributed by atoms with Gasteiger partial charge in [-0.3, -0.25) is 14.5 Å². The predicted molar refractivity (Wildman–Crippen MR) is 154 cm³/mol. The van der Waals surface area contributed by atoms with Gasteiger partial charge in [-0.25, -0.2) is 9.97 Å². The number of nitrogens with zero attached hydrogens (tertiary/aromatic N) is 4. The van der Waals surface area contributed by atoms with Crippen LogP contribution < -0.4 is 26.0 Å². The van der Waals surface area contributed by atoms with Gasteiger partial charge in [0.05, 0.1) is 31.5 Å². The van der Waals surface area contributed by atoms with E-state index in [-0.39, 0.29) is 17.7 Å². The minimum Gasteiger partial charge on any atom is -0.495 e. The van der Waals surface area contributed by atoms with Crippen molar-refractivity contribution in [1.82, 2.24) is 14.9 Å². The molecule has 3 heterocycles. The molecule has 2 saturated heterocycles. The summed E-state index contributed by atoms with van der Waals surface area (Å²) in [6.07, 6.45) is 2.77. The second-order valence-corrected chi connectivity index (χ2v) is 9.86. The number of piperazine rings is 1.